The number of nitriles is 1. The Morgan fingerprint density at radius 2 is 2.22 bits per heavy atom. The van der Waals surface area contributed by atoms with Crippen molar-refractivity contribution < 1.29 is 28.6 Å². The lowest BCUT2D eigenvalue weighted by Gasteiger charge is -2.31. The molecule has 0 spiro atoms. The zero-order valence-corrected chi connectivity index (χ0v) is 12.7. The molecular formula is C16H17NO6. The van der Waals surface area contributed by atoms with Gasteiger partial charge in [-0.3, -0.25) is 9.59 Å². The molecule has 2 aliphatic carbocycles. The van der Waals surface area contributed by atoms with Gasteiger partial charge in [0.15, 0.2) is 6.10 Å². The van der Waals surface area contributed by atoms with Crippen LogP contribution in [0.5, 0.6) is 0 Å². The molecular weight excluding hydrogens is 302 g/mol. The van der Waals surface area contributed by atoms with Gasteiger partial charge in [-0.05, 0) is 19.8 Å². The molecule has 0 amide bonds. The number of rotatable bonds is 5. The molecule has 3 rings (SSSR count). The second-order valence-corrected chi connectivity index (χ2v) is 6.35. The van der Waals surface area contributed by atoms with E-state index in [2.05, 4.69) is 12.6 Å². The van der Waals surface area contributed by atoms with Crippen molar-refractivity contribution in [3.8, 4) is 6.07 Å². The molecule has 1 aliphatic heterocycles. The molecule has 0 aromatic carbocycles. The lowest BCUT2D eigenvalue weighted by Crippen LogP contribution is -2.47. The standard InChI is InChI=1S/C16H17NO6/c1-8(2)14(19)21-4-3-12(18)22-13-9-5-10-11(6-9)16(13,7-17)23-15(10)20/h9-11,13H,1,3-6H2,2H3. The Labute approximate surface area is 133 Å². The van der Waals surface area contributed by atoms with Gasteiger partial charge in [0.05, 0.1) is 12.3 Å². The number of carbonyl (C=O) groups is 3. The zero-order valence-electron chi connectivity index (χ0n) is 12.7. The van der Waals surface area contributed by atoms with Crippen molar-refractivity contribution >= 4 is 17.9 Å². The van der Waals surface area contributed by atoms with E-state index in [1.54, 1.807) is 0 Å². The Balaban J connectivity index is 1.59. The van der Waals surface area contributed by atoms with Crippen molar-refractivity contribution in [3.05, 3.63) is 12.2 Å². The highest BCUT2D eigenvalue weighted by Gasteiger charge is 2.73. The fourth-order valence-electron chi connectivity index (χ4n) is 3.90. The third kappa shape index (κ3) is 2.29. The number of carbonyl (C=O) groups excluding carboxylic acids is 3. The van der Waals surface area contributed by atoms with Gasteiger partial charge >= 0.3 is 17.9 Å². The van der Waals surface area contributed by atoms with Gasteiger partial charge in [0.2, 0.25) is 5.60 Å². The van der Waals surface area contributed by atoms with Gasteiger partial charge < -0.3 is 14.2 Å². The van der Waals surface area contributed by atoms with Crippen LogP contribution in [0.15, 0.2) is 12.2 Å². The van der Waals surface area contributed by atoms with Crippen LogP contribution in [-0.2, 0) is 28.6 Å². The number of nitrogens with zero attached hydrogens (tertiary/aromatic N) is 1. The Morgan fingerprint density at radius 3 is 2.87 bits per heavy atom. The molecule has 5 atom stereocenters. The SMILES string of the molecule is C=C(C)C(=O)OCCC(=O)OC1C2CC3C(=O)OC1(C#N)C3C2. The normalized spacial score (nSPS) is 36.3. The van der Waals surface area contributed by atoms with Crippen LogP contribution in [0.1, 0.15) is 26.2 Å². The van der Waals surface area contributed by atoms with E-state index in [1.807, 2.05) is 0 Å². The molecule has 3 aliphatic rings. The zero-order chi connectivity index (χ0) is 16.8. The van der Waals surface area contributed by atoms with Gasteiger partial charge in [-0.15, -0.1) is 0 Å². The summed E-state index contributed by atoms with van der Waals surface area (Å²) in [7, 11) is 0. The van der Waals surface area contributed by atoms with E-state index in [4.69, 9.17) is 14.2 Å². The molecule has 0 radical (unpaired) electrons. The first-order valence-electron chi connectivity index (χ1n) is 7.55. The number of hydrogen-bond acceptors (Lipinski definition) is 7. The molecule has 5 unspecified atom stereocenters. The third-order valence-electron chi connectivity index (χ3n) is 4.89. The number of ether oxygens (including phenoxy) is 3. The first-order valence-corrected chi connectivity index (χ1v) is 7.55. The summed E-state index contributed by atoms with van der Waals surface area (Å²) in [6, 6.07) is 2.06. The third-order valence-corrected chi connectivity index (χ3v) is 4.89. The highest BCUT2D eigenvalue weighted by atomic mass is 16.6. The van der Waals surface area contributed by atoms with E-state index < -0.39 is 23.6 Å². The largest absolute Gasteiger partial charge is 0.462 e. The molecule has 7 heteroatoms. The first kappa shape index (κ1) is 15.5. The van der Waals surface area contributed by atoms with Crippen molar-refractivity contribution in [2.45, 2.75) is 37.9 Å². The predicted octanol–water partition coefficient (Wildman–Crippen LogP) is 0.883. The Hall–Kier alpha value is -2.36. The summed E-state index contributed by atoms with van der Waals surface area (Å²) in [4.78, 5) is 35.0. The minimum Gasteiger partial charge on any atom is -0.462 e. The van der Waals surface area contributed by atoms with E-state index in [-0.39, 0.29) is 42.3 Å². The lowest BCUT2D eigenvalue weighted by atomic mass is 9.79. The molecule has 3 fully saturated rings. The summed E-state index contributed by atoms with van der Waals surface area (Å²) in [5.74, 6) is -1.98. The maximum absolute atomic E-state index is 12.0. The lowest BCUT2D eigenvalue weighted by molar-refractivity contribution is -0.170. The Morgan fingerprint density at radius 1 is 1.48 bits per heavy atom. The molecule has 2 saturated carbocycles. The van der Waals surface area contributed by atoms with E-state index in [0.29, 0.717) is 12.8 Å². The van der Waals surface area contributed by atoms with Crippen LogP contribution < -0.4 is 0 Å². The van der Waals surface area contributed by atoms with Crippen LogP contribution in [-0.4, -0.2) is 36.2 Å². The fraction of sp³-hybridized carbons (Fsp3) is 0.625. The van der Waals surface area contributed by atoms with Gasteiger partial charge in [-0.2, -0.15) is 5.26 Å². The van der Waals surface area contributed by atoms with Crippen LogP contribution in [0, 0.1) is 29.1 Å². The van der Waals surface area contributed by atoms with Crippen LogP contribution in [0.3, 0.4) is 0 Å². The highest BCUT2D eigenvalue weighted by molar-refractivity contribution is 5.87. The molecule has 2 bridgehead atoms. The molecule has 0 aromatic rings. The molecule has 0 N–H and O–H groups in total. The number of fused-ring (bicyclic) bond motifs is 1. The van der Waals surface area contributed by atoms with Crippen LogP contribution in [0.4, 0.5) is 0 Å². The average molecular weight is 319 g/mol. The van der Waals surface area contributed by atoms with Crippen LogP contribution in [0.2, 0.25) is 0 Å². The smallest absolute Gasteiger partial charge is 0.333 e. The van der Waals surface area contributed by atoms with Crippen LogP contribution >= 0.6 is 0 Å². The monoisotopic (exact) mass is 319 g/mol. The summed E-state index contributed by atoms with van der Waals surface area (Å²) in [5.41, 5.74) is -1.09. The molecule has 23 heavy (non-hydrogen) atoms. The van der Waals surface area contributed by atoms with E-state index in [9.17, 15) is 19.6 Å². The molecule has 0 aromatic heterocycles. The van der Waals surface area contributed by atoms with Gasteiger partial charge in [0.25, 0.3) is 0 Å². The quantitative estimate of drug-likeness (QED) is 0.421. The summed E-state index contributed by atoms with van der Waals surface area (Å²) in [6.07, 6.45) is 0.401. The van der Waals surface area contributed by atoms with Crippen molar-refractivity contribution in [1.82, 2.24) is 0 Å². The molecule has 122 valence electrons. The number of hydrogen-bond donors (Lipinski definition) is 0. The van der Waals surface area contributed by atoms with Crippen molar-refractivity contribution in [2.24, 2.45) is 17.8 Å². The minimum atomic E-state index is -1.34. The Kier molecular flexibility index (Phi) is 3.63. The highest BCUT2D eigenvalue weighted by Crippen LogP contribution is 2.61. The summed E-state index contributed by atoms with van der Waals surface area (Å²) < 4.78 is 15.5. The predicted molar refractivity (Wildman–Crippen MR) is 74.4 cm³/mol. The molecule has 1 saturated heterocycles. The van der Waals surface area contributed by atoms with E-state index in [0.717, 1.165) is 0 Å². The van der Waals surface area contributed by atoms with Gasteiger partial charge in [-0.25, -0.2) is 4.79 Å². The van der Waals surface area contributed by atoms with Crippen molar-refractivity contribution in [2.75, 3.05) is 6.61 Å². The van der Waals surface area contributed by atoms with Gasteiger partial charge in [0.1, 0.15) is 12.7 Å². The Bertz CT molecular complexity index is 635. The maximum Gasteiger partial charge on any atom is 0.333 e. The summed E-state index contributed by atoms with van der Waals surface area (Å²) >= 11 is 0. The minimum absolute atomic E-state index is 0.0296. The molecule has 7 nitrogen and oxygen atoms in total. The summed E-state index contributed by atoms with van der Waals surface area (Å²) in [6.45, 7) is 4.83. The second kappa shape index (κ2) is 5.37. The van der Waals surface area contributed by atoms with Gasteiger partial charge in [-0.1, -0.05) is 6.58 Å². The summed E-state index contributed by atoms with van der Waals surface area (Å²) in [5, 5.41) is 9.48. The average Bonchev–Trinajstić information content (AvgIpc) is 3.10. The van der Waals surface area contributed by atoms with Gasteiger partial charge in [0, 0.05) is 17.4 Å². The topological polar surface area (TPSA) is 103 Å². The first-order chi connectivity index (χ1) is 10.9. The van der Waals surface area contributed by atoms with Crippen molar-refractivity contribution in [3.63, 3.8) is 0 Å². The fourth-order valence-corrected chi connectivity index (χ4v) is 3.90. The van der Waals surface area contributed by atoms with Crippen molar-refractivity contribution in [1.29, 1.82) is 5.26 Å². The second-order valence-electron chi connectivity index (χ2n) is 6.35. The van der Waals surface area contributed by atoms with Crippen LogP contribution in [0.25, 0.3) is 0 Å². The van der Waals surface area contributed by atoms with E-state index >= 15 is 0 Å². The number of esters is 3. The maximum atomic E-state index is 12.0. The molecule has 1 heterocycles. The van der Waals surface area contributed by atoms with E-state index in [1.165, 1.54) is 6.92 Å².